The molecule has 0 spiro atoms. The van der Waals surface area contributed by atoms with E-state index in [2.05, 4.69) is 53.5 Å². The Labute approximate surface area is 300 Å². The average Bonchev–Trinajstić information content (AvgIpc) is 3.06. The quantitative estimate of drug-likeness (QED) is 0.123. The van der Waals surface area contributed by atoms with E-state index < -0.39 is 11.9 Å². The van der Waals surface area contributed by atoms with E-state index in [1.165, 1.54) is 64.2 Å². The third-order valence-electron chi connectivity index (χ3n) is 8.63. The van der Waals surface area contributed by atoms with Crippen LogP contribution in [0.3, 0.4) is 0 Å². The lowest BCUT2D eigenvalue weighted by Gasteiger charge is -2.18. The smallest absolute Gasteiger partial charge is 0.317 e. The first-order valence-corrected chi connectivity index (χ1v) is 19.7. The summed E-state index contributed by atoms with van der Waals surface area (Å²) in [4.78, 5) is 38.4. The monoisotopic (exact) mass is 686 g/mol. The number of hydrogen-bond acceptors (Lipinski definition) is 7. The lowest BCUT2D eigenvalue weighted by molar-refractivity contribution is -0.155. The van der Waals surface area contributed by atoms with Crippen LogP contribution in [0.2, 0.25) is 0 Å². The normalized spacial score (nSPS) is 22.8. The number of cyclic esters (lactones) is 2. The van der Waals surface area contributed by atoms with E-state index in [4.69, 9.17) is 14.2 Å². The molecule has 0 saturated carbocycles. The fourth-order valence-electron chi connectivity index (χ4n) is 5.74. The van der Waals surface area contributed by atoms with Crippen LogP contribution in [0.1, 0.15) is 161 Å². The molecule has 0 aliphatic carbocycles. The Bertz CT molecular complexity index is 877. The Morgan fingerprint density at radius 3 is 1.47 bits per heavy atom. The van der Waals surface area contributed by atoms with Crippen molar-refractivity contribution in [3.63, 3.8) is 0 Å². The standard InChI is InChI=1S/C42H71NO6/c1-43(2)35-31-34-40(44)49-39-32-27-23-19-15-11-7-3-5-9-13-17-21-25-29-36-47-41(45)38-42(46)48-37-30-26-22-18-14-10-6-4-8-12-16-20-24-28-33-39/h5-6,9-10,17-18,21-22,39H,3-4,7-8,11-16,19-20,23-38H2,1-2H3/b9-5-,10-6-,21-17-,22-18-. The van der Waals surface area contributed by atoms with Gasteiger partial charge in [0, 0.05) is 6.42 Å². The van der Waals surface area contributed by atoms with Gasteiger partial charge in [-0.2, -0.15) is 0 Å². The number of rotatable bonds is 5. The predicted octanol–water partition coefficient (Wildman–Crippen LogP) is 10.5. The van der Waals surface area contributed by atoms with E-state index in [-0.39, 0.29) is 18.5 Å². The van der Waals surface area contributed by atoms with Crippen LogP contribution in [0, 0.1) is 0 Å². The Balaban J connectivity index is 2.45. The summed E-state index contributed by atoms with van der Waals surface area (Å²) in [5, 5.41) is 0. The summed E-state index contributed by atoms with van der Waals surface area (Å²) in [5.41, 5.74) is 0. The van der Waals surface area contributed by atoms with Gasteiger partial charge in [-0.15, -0.1) is 0 Å². The Kier molecular flexibility index (Phi) is 30.6. The van der Waals surface area contributed by atoms with Gasteiger partial charge in [0.15, 0.2) is 0 Å². The van der Waals surface area contributed by atoms with Crippen molar-refractivity contribution in [2.45, 2.75) is 167 Å². The zero-order valence-electron chi connectivity index (χ0n) is 31.4. The van der Waals surface area contributed by atoms with Gasteiger partial charge >= 0.3 is 17.9 Å². The van der Waals surface area contributed by atoms with Crippen LogP contribution in [0.15, 0.2) is 48.6 Å². The summed E-state index contributed by atoms with van der Waals surface area (Å²) < 4.78 is 16.3. The number of allylic oxidation sites excluding steroid dienone is 8. The van der Waals surface area contributed by atoms with E-state index in [0.29, 0.717) is 19.6 Å². The molecular weight excluding hydrogens is 614 g/mol. The summed E-state index contributed by atoms with van der Waals surface area (Å²) in [5.74, 6) is -1.06. The van der Waals surface area contributed by atoms with Gasteiger partial charge in [-0.3, -0.25) is 14.4 Å². The van der Waals surface area contributed by atoms with Crippen LogP contribution < -0.4 is 0 Å². The molecule has 7 nitrogen and oxygen atoms in total. The fraction of sp³-hybridized carbons (Fsp3) is 0.738. The highest BCUT2D eigenvalue weighted by molar-refractivity contribution is 5.91. The summed E-state index contributed by atoms with van der Waals surface area (Å²) >= 11 is 0. The number of hydrogen-bond donors (Lipinski definition) is 0. The van der Waals surface area contributed by atoms with Gasteiger partial charge in [0.1, 0.15) is 12.5 Å². The summed E-state index contributed by atoms with van der Waals surface area (Å²) in [6.45, 7) is 1.55. The van der Waals surface area contributed by atoms with Crippen LogP contribution >= 0.6 is 0 Å². The van der Waals surface area contributed by atoms with Gasteiger partial charge in [0.2, 0.25) is 0 Å². The van der Waals surface area contributed by atoms with Crippen LogP contribution in [0.4, 0.5) is 0 Å². The summed E-state index contributed by atoms with van der Waals surface area (Å²) in [6.07, 6.45) is 42.6. The Morgan fingerprint density at radius 1 is 0.612 bits per heavy atom. The van der Waals surface area contributed by atoms with E-state index in [0.717, 1.165) is 90.0 Å². The zero-order valence-corrected chi connectivity index (χ0v) is 31.4. The maximum atomic E-state index is 12.5. The van der Waals surface area contributed by atoms with Gasteiger partial charge in [-0.25, -0.2) is 0 Å². The SMILES string of the molecule is CN(C)CCCC(=O)OC1CCCCCCCC/C=C\C/C=C\CCCOC(=O)CC(=O)OCCC/C=C\C/C=C\CCCCCCCC1. The molecule has 0 atom stereocenters. The summed E-state index contributed by atoms with van der Waals surface area (Å²) in [6, 6.07) is 0. The molecule has 7 heteroatoms. The second kappa shape index (κ2) is 33.8. The van der Waals surface area contributed by atoms with Crippen molar-refractivity contribution in [2.24, 2.45) is 0 Å². The van der Waals surface area contributed by atoms with Crippen molar-refractivity contribution in [3.8, 4) is 0 Å². The van der Waals surface area contributed by atoms with Crippen LogP contribution in [0.25, 0.3) is 0 Å². The number of carbonyl (C=O) groups is 3. The molecule has 280 valence electrons. The van der Waals surface area contributed by atoms with E-state index in [1.807, 2.05) is 14.1 Å². The minimum absolute atomic E-state index is 0.0238. The molecule has 1 aliphatic heterocycles. The van der Waals surface area contributed by atoms with E-state index in [9.17, 15) is 14.4 Å². The molecule has 49 heavy (non-hydrogen) atoms. The van der Waals surface area contributed by atoms with E-state index in [1.54, 1.807) is 0 Å². The molecule has 0 amide bonds. The molecule has 0 fully saturated rings. The Morgan fingerprint density at radius 2 is 1.02 bits per heavy atom. The molecule has 0 N–H and O–H groups in total. The third-order valence-corrected chi connectivity index (χ3v) is 8.63. The minimum Gasteiger partial charge on any atom is -0.465 e. The maximum Gasteiger partial charge on any atom is 0.317 e. The van der Waals surface area contributed by atoms with Gasteiger partial charge < -0.3 is 19.1 Å². The largest absolute Gasteiger partial charge is 0.465 e. The van der Waals surface area contributed by atoms with Gasteiger partial charge in [0.05, 0.1) is 13.2 Å². The van der Waals surface area contributed by atoms with Crippen molar-refractivity contribution in [1.29, 1.82) is 0 Å². The second-order valence-corrected chi connectivity index (χ2v) is 13.7. The first-order chi connectivity index (χ1) is 24.0. The predicted molar refractivity (Wildman–Crippen MR) is 202 cm³/mol. The summed E-state index contributed by atoms with van der Waals surface area (Å²) in [7, 11) is 4.08. The topological polar surface area (TPSA) is 82.1 Å². The highest BCUT2D eigenvalue weighted by Crippen LogP contribution is 2.18. The van der Waals surface area contributed by atoms with Gasteiger partial charge in [-0.1, -0.05) is 100.0 Å². The Hall–Kier alpha value is -2.67. The molecule has 0 aromatic heterocycles. The number of carbonyl (C=O) groups excluding carboxylic acids is 3. The van der Waals surface area contributed by atoms with E-state index >= 15 is 0 Å². The lowest BCUT2D eigenvalue weighted by Crippen LogP contribution is -2.20. The molecule has 1 heterocycles. The lowest BCUT2D eigenvalue weighted by atomic mass is 10.0. The molecule has 0 radical (unpaired) electrons. The highest BCUT2D eigenvalue weighted by atomic mass is 16.6. The molecular formula is C42H71NO6. The zero-order chi connectivity index (χ0) is 35.5. The molecule has 0 bridgehead atoms. The molecule has 0 saturated heterocycles. The van der Waals surface area contributed by atoms with Crippen molar-refractivity contribution in [1.82, 2.24) is 4.90 Å². The van der Waals surface area contributed by atoms with Crippen LogP contribution in [0.5, 0.6) is 0 Å². The highest BCUT2D eigenvalue weighted by Gasteiger charge is 2.14. The molecule has 0 aromatic rings. The van der Waals surface area contributed by atoms with Crippen LogP contribution in [-0.2, 0) is 28.6 Å². The minimum atomic E-state index is -0.518. The van der Waals surface area contributed by atoms with Gasteiger partial charge in [-0.05, 0) is 117 Å². The first-order valence-electron chi connectivity index (χ1n) is 19.7. The van der Waals surface area contributed by atoms with Crippen molar-refractivity contribution < 1.29 is 28.6 Å². The maximum absolute atomic E-state index is 12.5. The van der Waals surface area contributed by atoms with Gasteiger partial charge in [0.25, 0.3) is 0 Å². The number of ether oxygens (including phenoxy) is 3. The van der Waals surface area contributed by atoms with Crippen molar-refractivity contribution >= 4 is 17.9 Å². The molecule has 1 aliphatic rings. The van der Waals surface area contributed by atoms with Crippen molar-refractivity contribution in [3.05, 3.63) is 48.6 Å². The van der Waals surface area contributed by atoms with Crippen molar-refractivity contribution in [2.75, 3.05) is 33.9 Å². The average molecular weight is 686 g/mol. The van der Waals surface area contributed by atoms with Crippen LogP contribution in [-0.4, -0.2) is 62.8 Å². The molecule has 1 rings (SSSR count). The number of nitrogens with zero attached hydrogens (tertiary/aromatic N) is 1. The first kappa shape index (κ1) is 44.4. The number of esters is 3. The molecule has 0 aromatic carbocycles. The third kappa shape index (κ3) is 32.3. The molecule has 0 unspecified atom stereocenters. The fourth-order valence-corrected chi connectivity index (χ4v) is 5.74. The second-order valence-electron chi connectivity index (χ2n) is 13.7.